The molecule has 1 saturated heterocycles. The van der Waals surface area contributed by atoms with Gasteiger partial charge >= 0.3 is 0 Å². The quantitative estimate of drug-likeness (QED) is 0.808. The van der Waals surface area contributed by atoms with Crippen molar-refractivity contribution in [2.45, 2.75) is 43.0 Å². The monoisotopic (exact) mass is 378 g/mol. The van der Waals surface area contributed by atoms with E-state index in [0.29, 0.717) is 29.0 Å². The largest absolute Gasteiger partial charge is 0.298 e. The van der Waals surface area contributed by atoms with E-state index in [4.69, 9.17) is 11.6 Å². The number of piperazine rings is 1. The molecule has 130 valence electrons. The summed E-state index contributed by atoms with van der Waals surface area (Å²) in [5, 5.41) is 0.460. The molecule has 4 nitrogen and oxygen atoms in total. The predicted molar refractivity (Wildman–Crippen MR) is 95.9 cm³/mol. The second-order valence-corrected chi connectivity index (χ2v) is 8.56. The van der Waals surface area contributed by atoms with Crippen molar-refractivity contribution >= 4 is 34.0 Å². The summed E-state index contributed by atoms with van der Waals surface area (Å²) in [4.78, 5) is 2.77. The molecule has 2 fully saturated rings. The molecule has 0 N–H and O–H groups in total. The molecule has 1 aliphatic carbocycles. The minimum Gasteiger partial charge on any atom is -0.298 e. The minimum atomic E-state index is -3.42. The molecule has 1 heterocycles. The highest BCUT2D eigenvalue weighted by Crippen LogP contribution is 2.25. The van der Waals surface area contributed by atoms with E-state index in [1.165, 1.54) is 38.2 Å². The van der Waals surface area contributed by atoms with Gasteiger partial charge in [-0.25, -0.2) is 8.42 Å². The lowest BCUT2D eigenvalue weighted by Crippen LogP contribution is -2.52. The topological polar surface area (TPSA) is 40.6 Å². The summed E-state index contributed by atoms with van der Waals surface area (Å²) < 4.78 is 26.9. The summed E-state index contributed by atoms with van der Waals surface area (Å²) >= 11 is 5.92. The highest BCUT2D eigenvalue weighted by molar-refractivity contribution is 7.89. The summed E-state index contributed by atoms with van der Waals surface area (Å²) in [7, 11) is -3.42. The maximum Gasteiger partial charge on any atom is 0.243 e. The Bertz CT molecular complexity index is 610. The molecule has 0 amide bonds. The summed E-state index contributed by atoms with van der Waals surface area (Å²) in [6, 6.07) is 7.19. The molecule has 3 rings (SSSR count). The van der Waals surface area contributed by atoms with E-state index in [2.05, 4.69) is 4.90 Å². The van der Waals surface area contributed by atoms with Gasteiger partial charge in [0, 0.05) is 37.2 Å². The zero-order chi connectivity index (χ0) is 15.6. The Balaban J connectivity index is 0.00000192. The van der Waals surface area contributed by atoms with Gasteiger partial charge in [0.15, 0.2) is 0 Å². The zero-order valence-electron chi connectivity index (χ0n) is 13.2. The fourth-order valence-corrected chi connectivity index (χ4v) is 5.26. The summed E-state index contributed by atoms with van der Waals surface area (Å²) in [6.07, 6.45) is 6.50. The second-order valence-electron chi connectivity index (χ2n) is 6.19. The van der Waals surface area contributed by atoms with E-state index in [1.807, 2.05) is 0 Å². The number of rotatable bonds is 3. The van der Waals surface area contributed by atoms with E-state index in [-0.39, 0.29) is 12.4 Å². The van der Waals surface area contributed by atoms with Crippen LogP contribution in [0.15, 0.2) is 29.2 Å². The van der Waals surface area contributed by atoms with Crippen molar-refractivity contribution in [3.05, 3.63) is 29.3 Å². The van der Waals surface area contributed by atoms with Crippen LogP contribution in [0, 0.1) is 0 Å². The van der Waals surface area contributed by atoms with E-state index >= 15 is 0 Å². The lowest BCUT2D eigenvalue weighted by Gasteiger charge is -2.40. The van der Waals surface area contributed by atoms with Crippen molar-refractivity contribution < 1.29 is 8.42 Å². The Morgan fingerprint density at radius 2 is 1.65 bits per heavy atom. The molecule has 0 atom stereocenters. The van der Waals surface area contributed by atoms with Crippen LogP contribution >= 0.6 is 24.0 Å². The first-order valence-corrected chi connectivity index (χ1v) is 9.89. The standard InChI is InChI=1S/C16H23ClN2O2S.ClH/c17-14-5-4-8-16(13-14)22(20,21)19-11-9-18(10-12-19)15-6-2-1-3-7-15;/h4-5,8,13,15H,1-3,6-7,9-12H2;1H. The number of halogens is 2. The normalized spacial score (nSPS) is 21.8. The van der Waals surface area contributed by atoms with Crippen molar-refractivity contribution in [1.29, 1.82) is 0 Å². The smallest absolute Gasteiger partial charge is 0.243 e. The van der Waals surface area contributed by atoms with Crippen molar-refractivity contribution in [3.63, 3.8) is 0 Å². The Kier molecular flexibility index (Phi) is 6.75. The molecular formula is C16H24Cl2N2O2S. The third-order valence-electron chi connectivity index (χ3n) is 4.80. The van der Waals surface area contributed by atoms with Crippen LogP contribution in [-0.4, -0.2) is 49.8 Å². The van der Waals surface area contributed by atoms with E-state index in [0.717, 1.165) is 13.1 Å². The number of hydrogen-bond acceptors (Lipinski definition) is 3. The van der Waals surface area contributed by atoms with Crippen LogP contribution in [0.25, 0.3) is 0 Å². The molecule has 0 bridgehead atoms. The average molecular weight is 379 g/mol. The number of hydrogen-bond donors (Lipinski definition) is 0. The van der Waals surface area contributed by atoms with E-state index < -0.39 is 10.0 Å². The van der Waals surface area contributed by atoms with Crippen LogP contribution < -0.4 is 0 Å². The molecule has 1 saturated carbocycles. The molecule has 1 aromatic rings. The Morgan fingerprint density at radius 1 is 1.00 bits per heavy atom. The van der Waals surface area contributed by atoms with Crippen molar-refractivity contribution in [1.82, 2.24) is 9.21 Å². The van der Waals surface area contributed by atoms with Gasteiger partial charge in [-0.05, 0) is 31.0 Å². The number of nitrogens with zero attached hydrogens (tertiary/aromatic N) is 2. The fraction of sp³-hybridized carbons (Fsp3) is 0.625. The third-order valence-corrected chi connectivity index (χ3v) is 6.93. The van der Waals surface area contributed by atoms with Crippen LogP contribution in [-0.2, 0) is 10.0 Å². The van der Waals surface area contributed by atoms with Crippen molar-refractivity contribution in [2.24, 2.45) is 0 Å². The van der Waals surface area contributed by atoms with Gasteiger partial charge in [-0.1, -0.05) is 36.9 Å². The van der Waals surface area contributed by atoms with Gasteiger partial charge < -0.3 is 0 Å². The van der Waals surface area contributed by atoms with Gasteiger partial charge in [-0.15, -0.1) is 12.4 Å². The Morgan fingerprint density at radius 3 is 2.26 bits per heavy atom. The van der Waals surface area contributed by atoms with Gasteiger partial charge in [-0.2, -0.15) is 4.31 Å². The fourth-order valence-electron chi connectivity index (χ4n) is 3.53. The molecule has 0 spiro atoms. The molecule has 2 aliphatic rings. The highest BCUT2D eigenvalue weighted by atomic mass is 35.5. The van der Waals surface area contributed by atoms with E-state index in [9.17, 15) is 8.42 Å². The zero-order valence-corrected chi connectivity index (χ0v) is 15.5. The van der Waals surface area contributed by atoms with Gasteiger partial charge in [0.05, 0.1) is 4.90 Å². The van der Waals surface area contributed by atoms with Crippen LogP contribution in [0.5, 0.6) is 0 Å². The van der Waals surface area contributed by atoms with Crippen LogP contribution in [0.1, 0.15) is 32.1 Å². The lowest BCUT2D eigenvalue weighted by atomic mass is 9.94. The van der Waals surface area contributed by atoms with Gasteiger partial charge in [0.25, 0.3) is 0 Å². The molecule has 0 aromatic heterocycles. The summed E-state index contributed by atoms with van der Waals surface area (Å²) in [6.45, 7) is 2.83. The molecular weight excluding hydrogens is 355 g/mol. The average Bonchev–Trinajstić information content (AvgIpc) is 2.56. The first-order valence-electron chi connectivity index (χ1n) is 8.07. The molecule has 0 unspecified atom stereocenters. The lowest BCUT2D eigenvalue weighted by molar-refractivity contribution is 0.111. The predicted octanol–water partition coefficient (Wildman–Crippen LogP) is 3.40. The Hall–Kier alpha value is -0.330. The number of benzene rings is 1. The van der Waals surface area contributed by atoms with Crippen molar-refractivity contribution in [2.75, 3.05) is 26.2 Å². The van der Waals surface area contributed by atoms with Crippen molar-refractivity contribution in [3.8, 4) is 0 Å². The first kappa shape index (κ1) is 19.0. The molecule has 1 aliphatic heterocycles. The maximum absolute atomic E-state index is 12.7. The molecule has 0 radical (unpaired) electrons. The number of sulfonamides is 1. The third kappa shape index (κ3) is 4.40. The highest BCUT2D eigenvalue weighted by Gasteiger charge is 2.31. The van der Waals surface area contributed by atoms with Crippen LogP contribution in [0.2, 0.25) is 5.02 Å². The van der Waals surface area contributed by atoms with Crippen LogP contribution in [0.4, 0.5) is 0 Å². The molecule has 7 heteroatoms. The van der Waals surface area contributed by atoms with Gasteiger partial charge in [0.1, 0.15) is 0 Å². The summed E-state index contributed by atoms with van der Waals surface area (Å²) in [5.41, 5.74) is 0. The van der Waals surface area contributed by atoms with E-state index in [1.54, 1.807) is 22.5 Å². The maximum atomic E-state index is 12.7. The van der Waals surface area contributed by atoms with Gasteiger partial charge in [-0.3, -0.25) is 4.90 Å². The second kappa shape index (κ2) is 8.17. The SMILES string of the molecule is Cl.O=S(=O)(c1cccc(Cl)c1)N1CCN(C2CCCCC2)CC1. The first-order chi connectivity index (χ1) is 10.6. The minimum absolute atomic E-state index is 0. The Labute approximate surface area is 150 Å². The molecule has 1 aromatic carbocycles. The molecule has 23 heavy (non-hydrogen) atoms. The van der Waals surface area contributed by atoms with Crippen LogP contribution in [0.3, 0.4) is 0 Å². The van der Waals surface area contributed by atoms with Gasteiger partial charge in [0.2, 0.25) is 10.0 Å². The summed E-state index contributed by atoms with van der Waals surface area (Å²) in [5.74, 6) is 0.